The van der Waals surface area contributed by atoms with Gasteiger partial charge in [0.15, 0.2) is 17.8 Å². The summed E-state index contributed by atoms with van der Waals surface area (Å²) in [4.78, 5) is 21.4. The van der Waals surface area contributed by atoms with Gasteiger partial charge in [-0.15, -0.1) is 0 Å². The molecule has 15 heavy (non-hydrogen) atoms. The van der Waals surface area contributed by atoms with Crippen LogP contribution in [0.5, 0.6) is 17.2 Å². The fourth-order valence-corrected chi connectivity index (χ4v) is 1.11. The molecule has 1 rings (SSSR count). The molecule has 1 aromatic carbocycles. The first-order valence-corrected chi connectivity index (χ1v) is 4.13. The van der Waals surface area contributed by atoms with Gasteiger partial charge in [0.05, 0.1) is 12.7 Å². The van der Waals surface area contributed by atoms with E-state index in [1.165, 1.54) is 26.2 Å². The highest BCUT2D eigenvalue weighted by Crippen LogP contribution is 2.38. The topological polar surface area (TPSA) is 72.8 Å². The zero-order valence-electron chi connectivity index (χ0n) is 8.31. The van der Waals surface area contributed by atoms with Crippen LogP contribution in [0.15, 0.2) is 12.1 Å². The summed E-state index contributed by atoms with van der Waals surface area (Å²) < 4.78 is 9.62. The minimum atomic E-state index is -0.595. The Morgan fingerprint density at radius 2 is 2.07 bits per heavy atom. The zero-order chi connectivity index (χ0) is 11.4. The average Bonchev–Trinajstić information content (AvgIpc) is 2.18. The second-order valence-corrected chi connectivity index (χ2v) is 2.75. The largest absolute Gasteiger partial charge is 0.504 e. The molecule has 0 unspecified atom stereocenters. The maximum atomic E-state index is 10.8. The Kier molecular flexibility index (Phi) is 3.28. The number of carbonyl (C=O) groups is 2. The molecule has 1 aromatic rings. The molecule has 0 aliphatic carbocycles. The lowest BCUT2D eigenvalue weighted by Gasteiger charge is -2.10. The molecule has 0 aliphatic heterocycles. The van der Waals surface area contributed by atoms with Gasteiger partial charge in [-0.3, -0.25) is 9.59 Å². The van der Waals surface area contributed by atoms with E-state index in [1.807, 2.05) is 0 Å². The standard InChI is InChI=1S/C10H10O5/c1-6(12)15-9-7(5-11)3-4-8(13)10(9)14-2/h3-5,13H,1-2H3. The minimum absolute atomic E-state index is 0.0326. The fraction of sp³-hybridized carbons (Fsp3) is 0.200. The first kappa shape index (κ1) is 11.0. The SMILES string of the molecule is COc1c(O)ccc(C=O)c1OC(C)=O. The number of phenolic OH excluding ortho intramolecular Hbond substituents is 1. The van der Waals surface area contributed by atoms with E-state index < -0.39 is 5.97 Å². The van der Waals surface area contributed by atoms with Crippen molar-refractivity contribution in [1.82, 2.24) is 0 Å². The van der Waals surface area contributed by atoms with Crippen LogP contribution in [-0.2, 0) is 4.79 Å². The van der Waals surface area contributed by atoms with Crippen LogP contribution in [-0.4, -0.2) is 24.5 Å². The van der Waals surface area contributed by atoms with E-state index in [-0.39, 0.29) is 22.8 Å². The predicted molar refractivity (Wildman–Crippen MR) is 51.4 cm³/mol. The first-order valence-electron chi connectivity index (χ1n) is 4.13. The molecule has 0 saturated carbocycles. The van der Waals surface area contributed by atoms with E-state index in [4.69, 9.17) is 9.47 Å². The van der Waals surface area contributed by atoms with Crippen molar-refractivity contribution >= 4 is 12.3 Å². The van der Waals surface area contributed by atoms with E-state index in [9.17, 15) is 14.7 Å². The Hall–Kier alpha value is -2.04. The van der Waals surface area contributed by atoms with Gasteiger partial charge in [0, 0.05) is 6.92 Å². The molecule has 0 bridgehead atoms. The van der Waals surface area contributed by atoms with Gasteiger partial charge in [0.2, 0.25) is 5.75 Å². The van der Waals surface area contributed by atoms with Gasteiger partial charge in [0.25, 0.3) is 0 Å². The second kappa shape index (κ2) is 4.45. The normalized spacial score (nSPS) is 9.47. The molecule has 0 aliphatic rings. The first-order chi connectivity index (χ1) is 7.10. The van der Waals surface area contributed by atoms with Crippen LogP contribution in [0.3, 0.4) is 0 Å². The predicted octanol–water partition coefficient (Wildman–Crippen LogP) is 1.14. The monoisotopic (exact) mass is 210 g/mol. The van der Waals surface area contributed by atoms with E-state index in [0.29, 0.717) is 6.29 Å². The molecular weight excluding hydrogens is 200 g/mol. The third-order valence-corrected chi connectivity index (χ3v) is 1.70. The molecule has 0 amide bonds. The van der Waals surface area contributed by atoms with Crippen LogP contribution in [0.25, 0.3) is 0 Å². The lowest BCUT2D eigenvalue weighted by Crippen LogP contribution is -2.05. The summed E-state index contributed by atoms with van der Waals surface area (Å²) in [5.41, 5.74) is 0.139. The van der Waals surface area contributed by atoms with Crippen LogP contribution < -0.4 is 9.47 Å². The Balaban J connectivity index is 3.33. The van der Waals surface area contributed by atoms with Crippen molar-refractivity contribution in [2.75, 3.05) is 7.11 Å². The number of phenols is 1. The Morgan fingerprint density at radius 3 is 2.53 bits per heavy atom. The quantitative estimate of drug-likeness (QED) is 0.460. The van der Waals surface area contributed by atoms with Gasteiger partial charge in [-0.05, 0) is 12.1 Å². The number of methoxy groups -OCH3 is 1. The molecule has 0 fully saturated rings. The summed E-state index contributed by atoms with van der Waals surface area (Å²) in [6.07, 6.45) is 0.514. The highest BCUT2D eigenvalue weighted by atomic mass is 16.6. The number of hydrogen-bond acceptors (Lipinski definition) is 5. The zero-order valence-corrected chi connectivity index (χ0v) is 8.31. The van der Waals surface area contributed by atoms with Crippen molar-refractivity contribution in [3.05, 3.63) is 17.7 Å². The molecular formula is C10H10O5. The minimum Gasteiger partial charge on any atom is -0.504 e. The van der Waals surface area contributed by atoms with Gasteiger partial charge in [-0.25, -0.2) is 0 Å². The fourth-order valence-electron chi connectivity index (χ4n) is 1.11. The molecule has 0 saturated heterocycles. The Labute approximate surface area is 86.2 Å². The summed E-state index contributed by atoms with van der Waals surface area (Å²) in [5.74, 6) is -0.892. The van der Waals surface area contributed by atoms with Gasteiger partial charge < -0.3 is 14.6 Å². The maximum absolute atomic E-state index is 10.8. The Morgan fingerprint density at radius 1 is 1.40 bits per heavy atom. The number of aromatic hydroxyl groups is 1. The summed E-state index contributed by atoms with van der Waals surface area (Å²) in [6, 6.07) is 2.62. The number of hydrogen-bond donors (Lipinski definition) is 1. The Bertz CT molecular complexity index is 397. The smallest absolute Gasteiger partial charge is 0.308 e. The number of ether oxygens (including phenoxy) is 2. The number of carbonyl (C=O) groups excluding carboxylic acids is 2. The van der Waals surface area contributed by atoms with Crippen molar-refractivity contribution in [2.24, 2.45) is 0 Å². The van der Waals surface area contributed by atoms with Crippen LogP contribution in [0.4, 0.5) is 0 Å². The van der Waals surface area contributed by atoms with Gasteiger partial charge in [0.1, 0.15) is 0 Å². The van der Waals surface area contributed by atoms with Gasteiger partial charge in [-0.1, -0.05) is 0 Å². The lowest BCUT2D eigenvalue weighted by atomic mass is 10.2. The van der Waals surface area contributed by atoms with Crippen LogP contribution >= 0.6 is 0 Å². The highest BCUT2D eigenvalue weighted by Gasteiger charge is 2.16. The van der Waals surface area contributed by atoms with Crippen LogP contribution in [0.1, 0.15) is 17.3 Å². The van der Waals surface area contributed by atoms with Gasteiger partial charge in [-0.2, -0.15) is 0 Å². The molecule has 1 N–H and O–H groups in total. The average molecular weight is 210 g/mol. The molecule has 0 spiro atoms. The van der Waals surface area contributed by atoms with E-state index in [2.05, 4.69) is 0 Å². The van der Waals surface area contributed by atoms with E-state index in [1.54, 1.807) is 0 Å². The summed E-state index contributed by atoms with van der Waals surface area (Å²) in [6.45, 7) is 1.19. The van der Waals surface area contributed by atoms with E-state index >= 15 is 0 Å². The molecule has 5 heteroatoms. The lowest BCUT2D eigenvalue weighted by molar-refractivity contribution is -0.132. The maximum Gasteiger partial charge on any atom is 0.308 e. The summed E-state index contributed by atoms with van der Waals surface area (Å²) >= 11 is 0. The third kappa shape index (κ3) is 2.25. The molecule has 0 heterocycles. The highest BCUT2D eigenvalue weighted by molar-refractivity contribution is 5.85. The number of rotatable bonds is 3. The summed E-state index contributed by atoms with van der Waals surface area (Å²) in [7, 11) is 1.30. The molecule has 5 nitrogen and oxygen atoms in total. The van der Waals surface area contributed by atoms with Crippen molar-refractivity contribution < 1.29 is 24.2 Å². The number of benzene rings is 1. The molecule has 0 aromatic heterocycles. The number of esters is 1. The van der Waals surface area contributed by atoms with Crippen molar-refractivity contribution in [1.29, 1.82) is 0 Å². The van der Waals surface area contributed by atoms with Crippen LogP contribution in [0.2, 0.25) is 0 Å². The molecule has 0 radical (unpaired) electrons. The van der Waals surface area contributed by atoms with Gasteiger partial charge >= 0.3 is 5.97 Å². The van der Waals surface area contributed by atoms with E-state index in [0.717, 1.165) is 0 Å². The van der Waals surface area contributed by atoms with Crippen molar-refractivity contribution in [3.8, 4) is 17.2 Å². The second-order valence-electron chi connectivity index (χ2n) is 2.75. The molecule has 80 valence electrons. The molecule has 0 atom stereocenters. The third-order valence-electron chi connectivity index (χ3n) is 1.70. The number of aldehydes is 1. The van der Waals surface area contributed by atoms with Crippen LogP contribution in [0, 0.1) is 0 Å². The summed E-state index contributed by atoms with van der Waals surface area (Å²) in [5, 5.41) is 9.39. The van der Waals surface area contributed by atoms with Crippen molar-refractivity contribution in [2.45, 2.75) is 6.92 Å². The van der Waals surface area contributed by atoms with Crippen molar-refractivity contribution in [3.63, 3.8) is 0 Å².